The van der Waals surface area contributed by atoms with E-state index < -0.39 is 0 Å². The first-order valence-electron chi connectivity index (χ1n) is 6.43. The SMILES string of the molecule is COCCc1ccccc1NC(=O)COC(C)(C)C. The van der Waals surface area contributed by atoms with Crippen LogP contribution in [0, 0.1) is 0 Å². The summed E-state index contributed by atoms with van der Waals surface area (Å²) in [5, 5.41) is 2.87. The van der Waals surface area contributed by atoms with E-state index in [-0.39, 0.29) is 18.1 Å². The second-order valence-corrected chi connectivity index (χ2v) is 5.35. The van der Waals surface area contributed by atoms with Crippen molar-refractivity contribution in [2.45, 2.75) is 32.8 Å². The van der Waals surface area contributed by atoms with Crippen LogP contribution in [0.25, 0.3) is 0 Å². The van der Waals surface area contributed by atoms with Crippen LogP contribution in [0.5, 0.6) is 0 Å². The van der Waals surface area contributed by atoms with Crippen LogP contribution in [0.4, 0.5) is 5.69 Å². The van der Waals surface area contributed by atoms with Crippen molar-refractivity contribution in [2.75, 3.05) is 25.6 Å². The summed E-state index contributed by atoms with van der Waals surface area (Å²) < 4.78 is 10.5. The lowest BCUT2D eigenvalue weighted by atomic mass is 10.1. The summed E-state index contributed by atoms with van der Waals surface area (Å²) in [5.74, 6) is -0.139. The number of hydrogen-bond acceptors (Lipinski definition) is 3. The Bertz CT molecular complexity index is 410. The lowest BCUT2D eigenvalue weighted by Crippen LogP contribution is -2.27. The van der Waals surface area contributed by atoms with Crippen LogP contribution in [-0.2, 0) is 20.7 Å². The van der Waals surface area contributed by atoms with E-state index in [0.717, 1.165) is 17.7 Å². The molecule has 4 nitrogen and oxygen atoms in total. The highest BCUT2D eigenvalue weighted by atomic mass is 16.5. The molecule has 1 rings (SSSR count). The predicted octanol–water partition coefficient (Wildman–Crippen LogP) is 2.63. The van der Waals surface area contributed by atoms with Crippen LogP contribution in [0.1, 0.15) is 26.3 Å². The zero-order valence-corrected chi connectivity index (χ0v) is 12.2. The number of para-hydroxylation sites is 1. The van der Waals surface area contributed by atoms with Crippen LogP contribution < -0.4 is 5.32 Å². The third-order valence-corrected chi connectivity index (χ3v) is 2.50. The summed E-state index contributed by atoms with van der Waals surface area (Å²) in [6.45, 7) is 6.46. The first-order valence-corrected chi connectivity index (χ1v) is 6.43. The molecule has 0 aromatic heterocycles. The monoisotopic (exact) mass is 265 g/mol. The predicted molar refractivity (Wildman–Crippen MR) is 76.4 cm³/mol. The molecule has 0 atom stereocenters. The number of hydrogen-bond donors (Lipinski definition) is 1. The average Bonchev–Trinajstić information content (AvgIpc) is 2.34. The topological polar surface area (TPSA) is 47.6 Å². The Morgan fingerprint density at radius 3 is 2.58 bits per heavy atom. The number of anilines is 1. The van der Waals surface area contributed by atoms with Gasteiger partial charge in [0.15, 0.2) is 0 Å². The molecule has 4 heteroatoms. The molecular formula is C15H23NO3. The third-order valence-electron chi connectivity index (χ3n) is 2.50. The van der Waals surface area contributed by atoms with Crippen molar-refractivity contribution in [1.29, 1.82) is 0 Å². The number of carbonyl (C=O) groups excluding carboxylic acids is 1. The Morgan fingerprint density at radius 2 is 1.95 bits per heavy atom. The number of ether oxygens (including phenoxy) is 2. The van der Waals surface area contributed by atoms with Crippen molar-refractivity contribution in [3.05, 3.63) is 29.8 Å². The molecule has 0 bridgehead atoms. The molecule has 0 heterocycles. The molecule has 0 saturated heterocycles. The molecule has 0 fully saturated rings. The molecule has 0 saturated carbocycles. The van der Waals surface area contributed by atoms with Gasteiger partial charge in [-0.15, -0.1) is 0 Å². The smallest absolute Gasteiger partial charge is 0.250 e. The first kappa shape index (κ1) is 15.7. The van der Waals surface area contributed by atoms with Crippen LogP contribution in [-0.4, -0.2) is 31.8 Å². The Hall–Kier alpha value is -1.39. The summed E-state index contributed by atoms with van der Waals surface area (Å²) >= 11 is 0. The number of methoxy groups -OCH3 is 1. The average molecular weight is 265 g/mol. The van der Waals surface area contributed by atoms with E-state index in [2.05, 4.69) is 5.32 Å². The van der Waals surface area contributed by atoms with Crippen molar-refractivity contribution in [2.24, 2.45) is 0 Å². The Labute approximate surface area is 115 Å². The summed E-state index contributed by atoms with van der Waals surface area (Å²) in [6, 6.07) is 7.72. The maximum atomic E-state index is 11.8. The van der Waals surface area contributed by atoms with Gasteiger partial charge in [0.25, 0.3) is 0 Å². The fourth-order valence-corrected chi connectivity index (χ4v) is 1.54. The van der Waals surface area contributed by atoms with Crippen LogP contribution in [0.2, 0.25) is 0 Å². The van der Waals surface area contributed by atoms with Gasteiger partial charge in [-0.1, -0.05) is 18.2 Å². The minimum Gasteiger partial charge on any atom is -0.384 e. The Balaban J connectivity index is 2.58. The van der Waals surface area contributed by atoms with Gasteiger partial charge in [-0.05, 0) is 38.8 Å². The molecule has 0 spiro atoms. The van der Waals surface area contributed by atoms with Gasteiger partial charge >= 0.3 is 0 Å². The summed E-state index contributed by atoms with van der Waals surface area (Å²) in [4.78, 5) is 11.8. The normalized spacial score (nSPS) is 11.4. The lowest BCUT2D eigenvalue weighted by molar-refractivity contribution is -0.125. The summed E-state index contributed by atoms with van der Waals surface area (Å²) in [6.07, 6.45) is 0.771. The number of nitrogens with one attached hydrogen (secondary N) is 1. The highest BCUT2D eigenvalue weighted by Crippen LogP contribution is 2.16. The molecule has 1 amide bonds. The molecular weight excluding hydrogens is 242 g/mol. The van der Waals surface area contributed by atoms with E-state index in [9.17, 15) is 4.79 Å². The van der Waals surface area contributed by atoms with Crippen LogP contribution in [0.3, 0.4) is 0 Å². The molecule has 0 unspecified atom stereocenters. The molecule has 19 heavy (non-hydrogen) atoms. The number of rotatable bonds is 6. The Kier molecular flexibility index (Phi) is 5.99. The van der Waals surface area contributed by atoms with Crippen molar-refractivity contribution < 1.29 is 14.3 Å². The van der Waals surface area contributed by atoms with E-state index in [1.165, 1.54) is 0 Å². The summed E-state index contributed by atoms with van der Waals surface area (Å²) in [7, 11) is 1.67. The van der Waals surface area contributed by atoms with E-state index in [4.69, 9.17) is 9.47 Å². The van der Waals surface area contributed by atoms with Gasteiger partial charge in [-0.25, -0.2) is 0 Å². The molecule has 0 aliphatic carbocycles. The van der Waals surface area contributed by atoms with Gasteiger partial charge in [0.05, 0.1) is 12.2 Å². The minimum atomic E-state index is -0.313. The first-order chi connectivity index (χ1) is 8.92. The Morgan fingerprint density at radius 1 is 1.26 bits per heavy atom. The van der Waals surface area contributed by atoms with Gasteiger partial charge in [0, 0.05) is 12.8 Å². The van der Waals surface area contributed by atoms with Gasteiger partial charge in [0.1, 0.15) is 6.61 Å². The largest absolute Gasteiger partial charge is 0.384 e. The van der Waals surface area contributed by atoms with Crippen molar-refractivity contribution in [3.63, 3.8) is 0 Å². The molecule has 1 aromatic carbocycles. The molecule has 106 valence electrons. The minimum absolute atomic E-state index is 0.0577. The quantitative estimate of drug-likeness (QED) is 0.860. The van der Waals surface area contributed by atoms with Crippen molar-refractivity contribution >= 4 is 11.6 Å². The molecule has 0 radical (unpaired) electrons. The number of benzene rings is 1. The maximum absolute atomic E-state index is 11.8. The zero-order valence-electron chi connectivity index (χ0n) is 12.2. The van der Waals surface area contributed by atoms with Crippen LogP contribution >= 0.6 is 0 Å². The van der Waals surface area contributed by atoms with Crippen LogP contribution in [0.15, 0.2) is 24.3 Å². The van der Waals surface area contributed by atoms with Crippen molar-refractivity contribution in [1.82, 2.24) is 0 Å². The molecule has 0 aliphatic heterocycles. The summed E-state index contributed by atoms with van der Waals surface area (Å²) in [5.41, 5.74) is 1.57. The second-order valence-electron chi connectivity index (χ2n) is 5.35. The standard InChI is InChI=1S/C15H23NO3/c1-15(2,3)19-11-14(17)16-13-8-6-5-7-12(13)9-10-18-4/h5-8H,9-11H2,1-4H3,(H,16,17). The van der Waals surface area contributed by atoms with E-state index in [1.807, 2.05) is 45.0 Å². The maximum Gasteiger partial charge on any atom is 0.250 e. The molecule has 1 aromatic rings. The second kappa shape index (κ2) is 7.26. The number of carbonyl (C=O) groups is 1. The zero-order chi connectivity index (χ0) is 14.3. The van der Waals surface area contributed by atoms with Gasteiger partial charge in [0.2, 0.25) is 5.91 Å². The van der Waals surface area contributed by atoms with E-state index in [0.29, 0.717) is 6.61 Å². The van der Waals surface area contributed by atoms with Gasteiger partial charge < -0.3 is 14.8 Å². The molecule has 0 aliphatic rings. The lowest BCUT2D eigenvalue weighted by Gasteiger charge is -2.19. The van der Waals surface area contributed by atoms with E-state index >= 15 is 0 Å². The van der Waals surface area contributed by atoms with Crippen molar-refractivity contribution in [3.8, 4) is 0 Å². The fraction of sp³-hybridized carbons (Fsp3) is 0.533. The molecule has 1 N–H and O–H groups in total. The highest BCUT2D eigenvalue weighted by molar-refractivity contribution is 5.92. The highest BCUT2D eigenvalue weighted by Gasteiger charge is 2.13. The van der Waals surface area contributed by atoms with Gasteiger partial charge in [-0.2, -0.15) is 0 Å². The number of amides is 1. The van der Waals surface area contributed by atoms with E-state index in [1.54, 1.807) is 7.11 Å². The fourth-order valence-electron chi connectivity index (χ4n) is 1.54. The third kappa shape index (κ3) is 6.36. The van der Waals surface area contributed by atoms with Gasteiger partial charge in [-0.3, -0.25) is 4.79 Å².